The Morgan fingerprint density at radius 2 is 1.97 bits per heavy atom. The first-order valence-electron chi connectivity index (χ1n) is 11.8. The standard InChI is InChI=1S/C27H31N5O2/c1-6-27(17-9-7-10-18(13-17)32(4)22-11-8-12-23(30-22)34-5)19-16-28-31-25(19)29-20-14-26(2,3)15-21(33)24(20)27/h7-13,16,25,29H,6,14-15H2,1-5H3/t25?,27-/m0/s1. The minimum absolute atomic E-state index is 0.0839. The topological polar surface area (TPSA) is 79.2 Å². The lowest BCUT2D eigenvalue weighted by molar-refractivity contribution is -0.119. The molecule has 176 valence electrons. The lowest BCUT2D eigenvalue weighted by atomic mass is 9.59. The first-order chi connectivity index (χ1) is 16.3. The fourth-order valence-electron chi connectivity index (χ4n) is 5.71. The Kier molecular flexibility index (Phi) is 5.30. The number of benzene rings is 1. The van der Waals surface area contributed by atoms with Crippen LogP contribution in [0.4, 0.5) is 11.5 Å². The molecule has 2 aliphatic heterocycles. The van der Waals surface area contributed by atoms with Crippen LogP contribution in [0.5, 0.6) is 5.88 Å². The molecular weight excluding hydrogens is 426 g/mol. The van der Waals surface area contributed by atoms with Crippen molar-refractivity contribution in [2.75, 3.05) is 19.1 Å². The Morgan fingerprint density at radius 1 is 1.18 bits per heavy atom. The number of fused-ring (bicyclic) bond motifs is 1. The van der Waals surface area contributed by atoms with Crippen LogP contribution in [0.15, 0.2) is 75.7 Å². The maximum Gasteiger partial charge on any atom is 0.214 e. The average Bonchev–Trinajstić information content (AvgIpc) is 3.30. The third-order valence-electron chi connectivity index (χ3n) is 7.30. The molecule has 1 aromatic heterocycles. The van der Waals surface area contributed by atoms with E-state index in [-0.39, 0.29) is 17.4 Å². The van der Waals surface area contributed by atoms with Crippen molar-refractivity contribution in [1.29, 1.82) is 0 Å². The van der Waals surface area contributed by atoms with Crippen LogP contribution in [0, 0.1) is 5.41 Å². The van der Waals surface area contributed by atoms with Crippen molar-refractivity contribution in [3.63, 3.8) is 0 Å². The summed E-state index contributed by atoms with van der Waals surface area (Å²) < 4.78 is 5.31. The first-order valence-corrected chi connectivity index (χ1v) is 11.8. The Bertz CT molecular complexity index is 1250. The van der Waals surface area contributed by atoms with Gasteiger partial charge in [0.1, 0.15) is 5.82 Å². The van der Waals surface area contributed by atoms with Gasteiger partial charge in [-0.3, -0.25) is 4.79 Å². The van der Waals surface area contributed by atoms with Crippen molar-refractivity contribution < 1.29 is 9.53 Å². The van der Waals surface area contributed by atoms with Crippen molar-refractivity contribution in [3.05, 3.63) is 71.1 Å². The molecule has 0 bridgehead atoms. The summed E-state index contributed by atoms with van der Waals surface area (Å²) in [5, 5.41) is 12.3. The minimum Gasteiger partial charge on any atom is -0.481 e. The third kappa shape index (κ3) is 3.42. The Balaban J connectivity index is 1.66. The molecule has 3 heterocycles. The van der Waals surface area contributed by atoms with Gasteiger partial charge in [0.2, 0.25) is 5.88 Å². The number of carbonyl (C=O) groups excluding carboxylic acids is 1. The number of ether oxygens (including phenoxy) is 1. The van der Waals surface area contributed by atoms with E-state index in [0.29, 0.717) is 12.3 Å². The lowest BCUT2D eigenvalue weighted by Gasteiger charge is -2.48. The van der Waals surface area contributed by atoms with Gasteiger partial charge in [0.25, 0.3) is 0 Å². The fraction of sp³-hybridized carbons (Fsp3) is 0.407. The normalized spacial score (nSPS) is 24.8. The van der Waals surface area contributed by atoms with Gasteiger partial charge in [-0.1, -0.05) is 39.0 Å². The van der Waals surface area contributed by atoms with E-state index < -0.39 is 5.41 Å². The van der Waals surface area contributed by atoms with Gasteiger partial charge in [-0.15, -0.1) is 0 Å². The Hall–Kier alpha value is -3.48. The lowest BCUT2D eigenvalue weighted by Crippen LogP contribution is -2.51. The zero-order valence-electron chi connectivity index (χ0n) is 20.4. The van der Waals surface area contributed by atoms with Crippen LogP contribution in [-0.4, -0.2) is 31.1 Å². The second kappa shape index (κ2) is 8.08. The molecule has 34 heavy (non-hydrogen) atoms. The number of pyridine rings is 1. The molecule has 5 rings (SSSR count). The molecule has 0 amide bonds. The number of allylic oxidation sites excluding steroid dienone is 2. The Morgan fingerprint density at radius 3 is 2.74 bits per heavy atom. The predicted molar refractivity (Wildman–Crippen MR) is 132 cm³/mol. The SMILES string of the molecule is CC[C@]1(c2cccc(N(C)c3cccc(OC)n3)c2)C2=CN=NC2NC2=C1C(=O)CC(C)(C)C2. The van der Waals surface area contributed by atoms with E-state index in [9.17, 15) is 4.79 Å². The zero-order chi connectivity index (χ0) is 24.1. The quantitative estimate of drug-likeness (QED) is 0.648. The van der Waals surface area contributed by atoms with Crippen molar-refractivity contribution in [2.24, 2.45) is 15.6 Å². The van der Waals surface area contributed by atoms with Crippen LogP contribution < -0.4 is 15.0 Å². The number of azo groups is 1. The van der Waals surface area contributed by atoms with Crippen molar-refractivity contribution in [2.45, 2.75) is 51.6 Å². The van der Waals surface area contributed by atoms with Crippen molar-refractivity contribution >= 4 is 17.3 Å². The molecular formula is C27H31N5O2. The summed E-state index contributed by atoms with van der Waals surface area (Å²) >= 11 is 0. The molecule has 0 saturated carbocycles. The van der Waals surface area contributed by atoms with Crippen LogP contribution in [-0.2, 0) is 10.2 Å². The molecule has 0 fully saturated rings. The number of methoxy groups -OCH3 is 1. The maximum atomic E-state index is 13.7. The van der Waals surface area contributed by atoms with E-state index in [1.807, 2.05) is 36.3 Å². The molecule has 3 aliphatic rings. The number of nitrogens with zero attached hydrogens (tertiary/aromatic N) is 4. The molecule has 1 unspecified atom stereocenters. The summed E-state index contributed by atoms with van der Waals surface area (Å²) in [6.45, 7) is 6.46. The average molecular weight is 458 g/mol. The van der Waals surface area contributed by atoms with E-state index in [1.165, 1.54) is 0 Å². The monoisotopic (exact) mass is 457 g/mol. The highest BCUT2D eigenvalue weighted by atomic mass is 16.5. The molecule has 7 heteroatoms. The predicted octanol–water partition coefficient (Wildman–Crippen LogP) is 5.43. The number of nitrogens with one attached hydrogen (secondary N) is 1. The van der Waals surface area contributed by atoms with Gasteiger partial charge in [0.05, 0.1) is 18.7 Å². The van der Waals surface area contributed by atoms with Gasteiger partial charge in [-0.05, 0) is 42.0 Å². The molecule has 0 radical (unpaired) electrons. The summed E-state index contributed by atoms with van der Waals surface area (Å²) in [5.41, 5.74) is 4.34. The number of rotatable bonds is 5. The number of Topliss-reactive ketones (excluding diaryl/α,β-unsaturated/α-hetero) is 1. The highest BCUT2D eigenvalue weighted by molar-refractivity contribution is 6.01. The third-order valence-corrected chi connectivity index (χ3v) is 7.30. The molecule has 2 aromatic rings. The summed E-state index contributed by atoms with van der Waals surface area (Å²) in [4.78, 5) is 20.3. The summed E-state index contributed by atoms with van der Waals surface area (Å²) in [5.74, 6) is 1.56. The largest absolute Gasteiger partial charge is 0.481 e. The number of hydrogen-bond acceptors (Lipinski definition) is 7. The smallest absolute Gasteiger partial charge is 0.214 e. The fourth-order valence-corrected chi connectivity index (χ4v) is 5.71. The second-order valence-electron chi connectivity index (χ2n) is 10.1. The summed E-state index contributed by atoms with van der Waals surface area (Å²) in [7, 11) is 3.60. The summed E-state index contributed by atoms with van der Waals surface area (Å²) in [6, 6.07) is 14.1. The van der Waals surface area contributed by atoms with E-state index in [4.69, 9.17) is 4.74 Å². The Labute approximate surface area is 200 Å². The summed E-state index contributed by atoms with van der Waals surface area (Å²) in [6.07, 6.45) is 3.72. The molecule has 2 atom stereocenters. The van der Waals surface area contributed by atoms with Crippen LogP contribution >= 0.6 is 0 Å². The van der Waals surface area contributed by atoms with Crippen LogP contribution in [0.3, 0.4) is 0 Å². The zero-order valence-corrected chi connectivity index (χ0v) is 20.4. The number of hydrogen-bond donors (Lipinski definition) is 1. The number of anilines is 2. The van der Waals surface area contributed by atoms with E-state index in [2.05, 4.69) is 65.6 Å². The van der Waals surface area contributed by atoms with E-state index >= 15 is 0 Å². The first kappa shape index (κ1) is 22.3. The maximum absolute atomic E-state index is 13.7. The molecule has 0 spiro atoms. The van der Waals surface area contributed by atoms with Crippen molar-refractivity contribution in [1.82, 2.24) is 10.3 Å². The van der Waals surface area contributed by atoms with Gasteiger partial charge in [0.15, 0.2) is 11.9 Å². The van der Waals surface area contributed by atoms with Gasteiger partial charge in [0, 0.05) is 42.1 Å². The van der Waals surface area contributed by atoms with Gasteiger partial charge in [-0.25, -0.2) is 0 Å². The second-order valence-corrected chi connectivity index (χ2v) is 10.1. The highest BCUT2D eigenvalue weighted by Crippen LogP contribution is 2.54. The molecule has 0 saturated heterocycles. The van der Waals surface area contributed by atoms with E-state index in [1.54, 1.807) is 7.11 Å². The molecule has 1 N–H and O–H groups in total. The van der Waals surface area contributed by atoms with Crippen molar-refractivity contribution in [3.8, 4) is 5.88 Å². The van der Waals surface area contributed by atoms with E-state index in [0.717, 1.165) is 46.8 Å². The van der Waals surface area contributed by atoms with Crippen LogP contribution in [0.25, 0.3) is 0 Å². The van der Waals surface area contributed by atoms with Crippen LogP contribution in [0.1, 0.15) is 45.6 Å². The van der Waals surface area contributed by atoms with Crippen LogP contribution in [0.2, 0.25) is 0 Å². The highest BCUT2D eigenvalue weighted by Gasteiger charge is 2.53. The van der Waals surface area contributed by atoms with Gasteiger partial charge in [-0.2, -0.15) is 15.2 Å². The minimum atomic E-state index is -0.568. The molecule has 1 aromatic carbocycles. The molecule has 7 nitrogen and oxygen atoms in total. The molecule has 1 aliphatic carbocycles. The number of carbonyl (C=O) groups is 1. The van der Waals surface area contributed by atoms with Gasteiger partial charge >= 0.3 is 0 Å². The number of ketones is 1. The van der Waals surface area contributed by atoms with Gasteiger partial charge < -0.3 is 15.0 Å². The number of aromatic nitrogens is 1.